The first-order chi connectivity index (χ1) is 13.1. The summed E-state index contributed by atoms with van der Waals surface area (Å²) in [7, 11) is 1.30. The Labute approximate surface area is 162 Å². The molecule has 0 aliphatic rings. The summed E-state index contributed by atoms with van der Waals surface area (Å²) in [6.07, 6.45) is 1.84. The van der Waals surface area contributed by atoms with Crippen LogP contribution >= 0.6 is 11.8 Å². The van der Waals surface area contributed by atoms with Gasteiger partial charge in [0.05, 0.1) is 13.5 Å². The van der Waals surface area contributed by atoms with Gasteiger partial charge in [0.15, 0.2) is 0 Å². The van der Waals surface area contributed by atoms with Crippen molar-refractivity contribution in [3.8, 4) is 0 Å². The third kappa shape index (κ3) is 7.11. The highest BCUT2D eigenvalue weighted by molar-refractivity contribution is 8.14. The molecule has 27 heavy (non-hydrogen) atoms. The van der Waals surface area contributed by atoms with Crippen molar-refractivity contribution < 1.29 is 19.1 Å². The maximum absolute atomic E-state index is 12.5. The molecular weight excluding hydrogens is 362 g/mol. The van der Waals surface area contributed by atoms with Crippen molar-refractivity contribution >= 4 is 34.8 Å². The topological polar surface area (TPSA) is 72.5 Å². The Morgan fingerprint density at radius 3 is 2.26 bits per heavy atom. The number of thioether (sulfide) groups is 1. The lowest BCUT2D eigenvalue weighted by atomic mass is 10.1. The van der Waals surface area contributed by atoms with Gasteiger partial charge in [-0.1, -0.05) is 72.4 Å². The number of carbonyl (C=O) groups is 3. The molecular formula is C21H21NO4S. The standard InChI is InChI=1S/C21H21NO4S/c1-26-19(23)12-13-22-20(24)18(14-16-8-4-2-5-9-16)15-27-21(25)17-10-6-3-7-11-17/h2-11,14H,12-13,15H2,1H3,(H,22,24)/b18-14-. The first-order valence-corrected chi connectivity index (χ1v) is 9.41. The fraction of sp³-hybridized carbons (Fsp3) is 0.190. The third-order valence-corrected chi connectivity index (χ3v) is 4.60. The number of hydrogen-bond donors (Lipinski definition) is 1. The highest BCUT2D eigenvalue weighted by atomic mass is 32.2. The number of amides is 1. The molecule has 6 heteroatoms. The second kappa shape index (κ2) is 11.0. The molecule has 0 bridgehead atoms. The zero-order valence-corrected chi connectivity index (χ0v) is 15.8. The Balaban J connectivity index is 2.05. The van der Waals surface area contributed by atoms with Crippen molar-refractivity contribution in [2.45, 2.75) is 6.42 Å². The lowest BCUT2D eigenvalue weighted by Gasteiger charge is -2.09. The van der Waals surface area contributed by atoms with Crippen LogP contribution in [0.3, 0.4) is 0 Å². The van der Waals surface area contributed by atoms with Gasteiger partial charge in [-0.05, 0) is 11.6 Å². The lowest BCUT2D eigenvalue weighted by Crippen LogP contribution is -2.28. The highest BCUT2D eigenvalue weighted by Gasteiger charge is 2.14. The number of nitrogens with one attached hydrogen (secondary N) is 1. The molecule has 1 amide bonds. The lowest BCUT2D eigenvalue weighted by molar-refractivity contribution is -0.140. The molecule has 0 saturated heterocycles. The third-order valence-electron chi connectivity index (χ3n) is 3.64. The summed E-state index contributed by atoms with van der Waals surface area (Å²) in [5.74, 6) is -0.471. The highest BCUT2D eigenvalue weighted by Crippen LogP contribution is 2.18. The minimum Gasteiger partial charge on any atom is -0.469 e. The number of hydrogen-bond acceptors (Lipinski definition) is 5. The van der Waals surface area contributed by atoms with E-state index in [1.54, 1.807) is 30.3 Å². The number of ether oxygens (including phenoxy) is 1. The van der Waals surface area contributed by atoms with Crippen LogP contribution in [0.25, 0.3) is 6.08 Å². The largest absolute Gasteiger partial charge is 0.469 e. The van der Waals surface area contributed by atoms with E-state index in [4.69, 9.17) is 0 Å². The number of rotatable bonds is 8. The van der Waals surface area contributed by atoms with Gasteiger partial charge in [0, 0.05) is 23.4 Å². The molecule has 0 aromatic heterocycles. The van der Waals surface area contributed by atoms with Crippen LogP contribution in [0.1, 0.15) is 22.3 Å². The molecule has 0 saturated carbocycles. The first kappa shape index (κ1) is 20.5. The second-order valence-corrected chi connectivity index (χ2v) is 6.55. The zero-order chi connectivity index (χ0) is 19.5. The van der Waals surface area contributed by atoms with E-state index in [0.29, 0.717) is 11.1 Å². The van der Waals surface area contributed by atoms with Crippen LogP contribution in [-0.4, -0.2) is 36.4 Å². The minimum absolute atomic E-state index is 0.0942. The Hall–Kier alpha value is -2.86. The summed E-state index contributed by atoms with van der Waals surface area (Å²) in [4.78, 5) is 36.0. The summed E-state index contributed by atoms with van der Waals surface area (Å²) in [5.41, 5.74) is 1.91. The smallest absolute Gasteiger partial charge is 0.307 e. The molecule has 0 atom stereocenters. The average Bonchev–Trinajstić information content (AvgIpc) is 2.71. The van der Waals surface area contributed by atoms with Gasteiger partial charge in [0.1, 0.15) is 0 Å². The van der Waals surface area contributed by atoms with Gasteiger partial charge in [0.25, 0.3) is 0 Å². The molecule has 0 unspecified atom stereocenters. The van der Waals surface area contributed by atoms with Crippen LogP contribution in [0.5, 0.6) is 0 Å². The Bertz CT molecular complexity index is 803. The van der Waals surface area contributed by atoms with E-state index in [0.717, 1.165) is 17.3 Å². The summed E-state index contributed by atoms with van der Waals surface area (Å²) < 4.78 is 4.56. The quantitative estimate of drug-likeness (QED) is 0.559. The van der Waals surface area contributed by atoms with Crippen molar-refractivity contribution in [2.75, 3.05) is 19.4 Å². The summed E-state index contributed by atoms with van der Waals surface area (Å²) >= 11 is 1.07. The first-order valence-electron chi connectivity index (χ1n) is 8.43. The average molecular weight is 383 g/mol. The summed E-state index contributed by atoms with van der Waals surface area (Å²) in [6.45, 7) is 0.176. The fourth-order valence-corrected chi connectivity index (χ4v) is 3.02. The zero-order valence-electron chi connectivity index (χ0n) is 15.0. The molecule has 0 aliphatic carbocycles. The molecule has 2 aromatic carbocycles. The van der Waals surface area contributed by atoms with Crippen LogP contribution < -0.4 is 5.32 Å². The van der Waals surface area contributed by atoms with Crippen molar-refractivity contribution in [1.82, 2.24) is 5.32 Å². The fourth-order valence-electron chi connectivity index (χ4n) is 2.22. The molecule has 0 spiro atoms. The predicted molar refractivity (Wildman–Crippen MR) is 107 cm³/mol. The van der Waals surface area contributed by atoms with E-state index in [2.05, 4.69) is 10.1 Å². The SMILES string of the molecule is COC(=O)CCNC(=O)/C(=C\c1ccccc1)CSC(=O)c1ccccc1. The number of carbonyl (C=O) groups excluding carboxylic acids is 3. The Morgan fingerprint density at radius 1 is 1.00 bits per heavy atom. The Kier molecular flexibility index (Phi) is 8.32. The van der Waals surface area contributed by atoms with Crippen LogP contribution in [-0.2, 0) is 14.3 Å². The maximum Gasteiger partial charge on any atom is 0.307 e. The second-order valence-electron chi connectivity index (χ2n) is 5.60. The normalized spacial score (nSPS) is 10.9. The summed E-state index contributed by atoms with van der Waals surface area (Å²) in [6, 6.07) is 18.3. The molecule has 140 valence electrons. The molecule has 1 N–H and O–H groups in total. The van der Waals surface area contributed by atoms with E-state index < -0.39 is 5.97 Å². The van der Waals surface area contributed by atoms with Crippen LogP contribution in [0.2, 0.25) is 0 Å². The van der Waals surface area contributed by atoms with Crippen molar-refractivity contribution in [1.29, 1.82) is 0 Å². The molecule has 0 radical (unpaired) electrons. The van der Waals surface area contributed by atoms with Gasteiger partial charge in [0.2, 0.25) is 11.0 Å². The van der Waals surface area contributed by atoms with Crippen LogP contribution in [0, 0.1) is 0 Å². The van der Waals surface area contributed by atoms with Gasteiger partial charge < -0.3 is 10.1 Å². The van der Waals surface area contributed by atoms with Gasteiger partial charge in [-0.15, -0.1) is 0 Å². The molecule has 5 nitrogen and oxygen atoms in total. The molecule has 0 aliphatic heterocycles. The van der Waals surface area contributed by atoms with E-state index in [1.807, 2.05) is 36.4 Å². The molecule has 2 rings (SSSR count). The molecule has 0 fully saturated rings. The minimum atomic E-state index is -0.391. The van der Waals surface area contributed by atoms with Gasteiger partial charge in [-0.25, -0.2) is 0 Å². The number of benzene rings is 2. The van der Waals surface area contributed by atoms with Crippen molar-refractivity contribution in [3.63, 3.8) is 0 Å². The van der Waals surface area contributed by atoms with E-state index in [1.165, 1.54) is 7.11 Å². The van der Waals surface area contributed by atoms with E-state index in [9.17, 15) is 14.4 Å². The van der Waals surface area contributed by atoms with Crippen LogP contribution in [0.15, 0.2) is 66.2 Å². The van der Waals surface area contributed by atoms with Crippen LogP contribution in [0.4, 0.5) is 0 Å². The molecule has 0 heterocycles. The monoisotopic (exact) mass is 383 g/mol. The van der Waals surface area contributed by atoms with Crippen molar-refractivity contribution in [2.24, 2.45) is 0 Å². The number of methoxy groups -OCH3 is 1. The van der Waals surface area contributed by atoms with Gasteiger partial charge in [-0.2, -0.15) is 0 Å². The van der Waals surface area contributed by atoms with E-state index >= 15 is 0 Å². The maximum atomic E-state index is 12.5. The van der Waals surface area contributed by atoms with Gasteiger partial charge >= 0.3 is 5.97 Å². The molecule has 2 aromatic rings. The predicted octanol–water partition coefficient (Wildman–Crippen LogP) is 3.32. The number of esters is 1. The van der Waals surface area contributed by atoms with E-state index in [-0.39, 0.29) is 29.7 Å². The Morgan fingerprint density at radius 2 is 1.63 bits per heavy atom. The summed E-state index contributed by atoms with van der Waals surface area (Å²) in [5, 5.41) is 2.60. The van der Waals surface area contributed by atoms with Crippen molar-refractivity contribution in [3.05, 3.63) is 77.4 Å². The van der Waals surface area contributed by atoms with Gasteiger partial charge in [-0.3, -0.25) is 14.4 Å².